The van der Waals surface area contributed by atoms with Crippen molar-refractivity contribution in [2.24, 2.45) is 0 Å². The lowest BCUT2D eigenvalue weighted by Crippen LogP contribution is -2.34. The van der Waals surface area contributed by atoms with Crippen LogP contribution in [0.25, 0.3) is 0 Å². The number of halogens is 1. The van der Waals surface area contributed by atoms with Crippen LogP contribution in [0.3, 0.4) is 0 Å². The zero-order chi connectivity index (χ0) is 23.1. The third kappa shape index (κ3) is 5.54. The molecule has 9 heteroatoms. The average molecular weight is 470 g/mol. The number of carbonyl (C=O) groups is 2. The van der Waals surface area contributed by atoms with Gasteiger partial charge in [-0.25, -0.2) is 0 Å². The van der Waals surface area contributed by atoms with Gasteiger partial charge in [-0.3, -0.25) is 14.9 Å². The highest BCUT2D eigenvalue weighted by molar-refractivity contribution is 7.80. The van der Waals surface area contributed by atoms with Crippen LogP contribution in [0.5, 0.6) is 11.5 Å². The predicted octanol–water partition coefficient (Wildman–Crippen LogP) is 4.74. The molecule has 0 aromatic heterocycles. The molecule has 0 spiro atoms. The van der Waals surface area contributed by atoms with Crippen molar-refractivity contribution >= 4 is 52.1 Å². The van der Waals surface area contributed by atoms with Crippen LogP contribution in [0.2, 0.25) is 5.02 Å². The van der Waals surface area contributed by atoms with E-state index < -0.39 is 5.91 Å². The minimum atomic E-state index is -0.407. The number of nitrogens with one attached hydrogen (secondary N) is 3. The van der Waals surface area contributed by atoms with E-state index in [1.165, 1.54) is 14.2 Å². The van der Waals surface area contributed by atoms with Gasteiger partial charge < -0.3 is 20.1 Å². The van der Waals surface area contributed by atoms with Gasteiger partial charge in [-0.2, -0.15) is 0 Å². The van der Waals surface area contributed by atoms with Crippen molar-refractivity contribution in [3.05, 3.63) is 82.9 Å². The molecule has 0 heterocycles. The molecule has 0 atom stereocenters. The van der Waals surface area contributed by atoms with E-state index in [0.717, 1.165) is 0 Å². The maximum atomic E-state index is 12.5. The number of para-hydroxylation sites is 1. The van der Waals surface area contributed by atoms with Crippen LogP contribution in [0.15, 0.2) is 66.7 Å². The minimum Gasteiger partial charge on any atom is -0.496 e. The zero-order valence-corrected chi connectivity index (χ0v) is 18.8. The maximum absolute atomic E-state index is 12.5. The zero-order valence-electron chi connectivity index (χ0n) is 17.3. The Balaban J connectivity index is 1.69. The molecule has 0 radical (unpaired) electrons. The highest BCUT2D eigenvalue weighted by Crippen LogP contribution is 2.29. The van der Waals surface area contributed by atoms with Crippen molar-refractivity contribution in [1.29, 1.82) is 0 Å². The molecule has 2 amide bonds. The van der Waals surface area contributed by atoms with E-state index in [9.17, 15) is 9.59 Å². The van der Waals surface area contributed by atoms with Gasteiger partial charge in [0.2, 0.25) is 0 Å². The second-order valence-corrected chi connectivity index (χ2v) is 7.27. The SMILES string of the molecule is COc1cc(NC(=S)NC(=O)c2ccccc2OC)ccc1NC(=O)c1ccccc1Cl. The third-order valence-corrected chi connectivity index (χ3v) is 4.94. The van der Waals surface area contributed by atoms with Gasteiger partial charge in [0.1, 0.15) is 11.5 Å². The Bertz CT molecular complexity index is 1170. The van der Waals surface area contributed by atoms with Crippen LogP contribution in [0, 0.1) is 0 Å². The summed E-state index contributed by atoms with van der Waals surface area (Å²) in [5.74, 6) is 0.0621. The van der Waals surface area contributed by atoms with Crippen molar-refractivity contribution in [2.75, 3.05) is 24.9 Å². The van der Waals surface area contributed by atoms with Crippen LogP contribution < -0.4 is 25.4 Å². The lowest BCUT2D eigenvalue weighted by Gasteiger charge is -2.15. The van der Waals surface area contributed by atoms with E-state index in [2.05, 4.69) is 16.0 Å². The summed E-state index contributed by atoms with van der Waals surface area (Å²) in [5, 5.41) is 8.74. The molecule has 0 bridgehead atoms. The Morgan fingerprint density at radius 2 is 1.47 bits per heavy atom. The van der Waals surface area contributed by atoms with Crippen LogP contribution in [0.1, 0.15) is 20.7 Å². The fourth-order valence-electron chi connectivity index (χ4n) is 2.87. The summed E-state index contributed by atoms with van der Waals surface area (Å²) in [6, 6.07) is 18.5. The highest BCUT2D eigenvalue weighted by Gasteiger charge is 2.15. The molecule has 0 saturated heterocycles. The van der Waals surface area contributed by atoms with Crippen molar-refractivity contribution < 1.29 is 19.1 Å². The summed E-state index contributed by atoms with van der Waals surface area (Å²) in [6.07, 6.45) is 0. The average Bonchev–Trinajstić information content (AvgIpc) is 2.80. The van der Waals surface area contributed by atoms with Gasteiger partial charge in [0.15, 0.2) is 5.11 Å². The molecule has 0 aliphatic heterocycles. The number of rotatable bonds is 6. The molecular weight excluding hydrogens is 450 g/mol. The van der Waals surface area contributed by atoms with E-state index in [1.807, 2.05) is 0 Å². The van der Waals surface area contributed by atoms with Crippen LogP contribution in [-0.2, 0) is 0 Å². The number of hydrogen-bond acceptors (Lipinski definition) is 5. The predicted molar refractivity (Wildman–Crippen MR) is 129 cm³/mol. The first kappa shape index (κ1) is 23.1. The topological polar surface area (TPSA) is 88.7 Å². The van der Waals surface area contributed by atoms with Crippen LogP contribution >= 0.6 is 23.8 Å². The first-order chi connectivity index (χ1) is 15.4. The number of hydrogen-bond donors (Lipinski definition) is 3. The molecule has 3 rings (SSSR count). The van der Waals surface area contributed by atoms with E-state index in [0.29, 0.717) is 39.0 Å². The first-order valence-electron chi connectivity index (χ1n) is 9.42. The summed E-state index contributed by atoms with van der Waals surface area (Å²) < 4.78 is 10.6. The number of ether oxygens (including phenoxy) is 2. The molecule has 0 unspecified atom stereocenters. The molecule has 0 saturated carbocycles. The lowest BCUT2D eigenvalue weighted by molar-refractivity contribution is 0.0973. The van der Waals surface area contributed by atoms with Gasteiger partial charge in [-0.05, 0) is 48.6 Å². The van der Waals surface area contributed by atoms with E-state index in [1.54, 1.807) is 66.7 Å². The van der Waals surface area contributed by atoms with Crippen LogP contribution in [0.4, 0.5) is 11.4 Å². The van der Waals surface area contributed by atoms with Gasteiger partial charge in [-0.1, -0.05) is 35.9 Å². The van der Waals surface area contributed by atoms with Gasteiger partial charge in [0.05, 0.1) is 36.1 Å². The van der Waals surface area contributed by atoms with Crippen molar-refractivity contribution in [3.8, 4) is 11.5 Å². The number of thiocarbonyl (C=S) groups is 1. The Kier molecular flexibility index (Phi) is 7.64. The number of anilines is 2. The standard InChI is InChI=1S/C23H20ClN3O4S/c1-30-19-10-6-4-8-16(19)22(29)27-23(32)25-14-11-12-18(20(13-14)31-2)26-21(28)15-7-3-5-9-17(15)24/h3-13H,1-2H3,(H,26,28)(H2,25,27,29,32). The third-order valence-electron chi connectivity index (χ3n) is 4.40. The van der Waals surface area contributed by atoms with E-state index >= 15 is 0 Å². The van der Waals surface area contributed by atoms with Crippen molar-refractivity contribution in [1.82, 2.24) is 5.32 Å². The second kappa shape index (κ2) is 10.6. The van der Waals surface area contributed by atoms with Gasteiger partial charge >= 0.3 is 0 Å². The van der Waals surface area contributed by atoms with Gasteiger partial charge in [0.25, 0.3) is 11.8 Å². The molecule has 0 aliphatic carbocycles. The molecule has 7 nitrogen and oxygen atoms in total. The Morgan fingerprint density at radius 3 is 2.16 bits per heavy atom. The molecule has 3 N–H and O–H groups in total. The largest absolute Gasteiger partial charge is 0.496 e. The molecule has 0 aliphatic rings. The van der Waals surface area contributed by atoms with Crippen LogP contribution in [-0.4, -0.2) is 31.1 Å². The molecule has 3 aromatic carbocycles. The molecule has 164 valence electrons. The Hall–Kier alpha value is -3.62. The molecule has 32 heavy (non-hydrogen) atoms. The fourth-order valence-corrected chi connectivity index (χ4v) is 3.30. The monoisotopic (exact) mass is 469 g/mol. The molecule has 3 aromatic rings. The fraction of sp³-hybridized carbons (Fsp3) is 0.0870. The number of benzene rings is 3. The minimum absolute atomic E-state index is 0.0933. The van der Waals surface area contributed by atoms with Crippen molar-refractivity contribution in [2.45, 2.75) is 0 Å². The number of carbonyl (C=O) groups excluding carboxylic acids is 2. The summed E-state index contributed by atoms with van der Waals surface area (Å²) >= 11 is 11.3. The van der Waals surface area contributed by atoms with Crippen molar-refractivity contribution in [3.63, 3.8) is 0 Å². The molecular formula is C23H20ClN3O4S. The highest BCUT2D eigenvalue weighted by atomic mass is 35.5. The number of amides is 2. The number of methoxy groups -OCH3 is 2. The Morgan fingerprint density at radius 1 is 0.812 bits per heavy atom. The first-order valence-corrected chi connectivity index (χ1v) is 10.2. The summed E-state index contributed by atoms with van der Waals surface area (Å²) in [7, 11) is 2.97. The van der Waals surface area contributed by atoms with Gasteiger partial charge in [-0.15, -0.1) is 0 Å². The summed E-state index contributed by atoms with van der Waals surface area (Å²) in [6.45, 7) is 0. The quantitative estimate of drug-likeness (QED) is 0.452. The summed E-state index contributed by atoms with van der Waals surface area (Å²) in [4.78, 5) is 25.0. The molecule has 0 fully saturated rings. The van der Waals surface area contributed by atoms with E-state index in [4.69, 9.17) is 33.3 Å². The maximum Gasteiger partial charge on any atom is 0.261 e. The normalized spacial score (nSPS) is 10.1. The second-order valence-electron chi connectivity index (χ2n) is 6.46. The smallest absolute Gasteiger partial charge is 0.261 e. The van der Waals surface area contributed by atoms with E-state index in [-0.39, 0.29) is 11.0 Å². The lowest BCUT2D eigenvalue weighted by atomic mass is 10.2. The Labute approximate surface area is 195 Å². The summed E-state index contributed by atoms with van der Waals surface area (Å²) in [5.41, 5.74) is 1.71. The van der Waals surface area contributed by atoms with Gasteiger partial charge in [0, 0.05) is 11.8 Å².